The van der Waals surface area contributed by atoms with E-state index in [4.69, 9.17) is 0 Å². The van der Waals surface area contributed by atoms with E-state index < -0.39 is 0 Å². The average molecular weight is 276 g/mol. The van der Waals surface area contributed by atoms with Gasteiger partial charge >= 0.3 is 0 Å². The van der Waals surface area contributed by atoms with Gasteiger partial charge in [-0.15, -0.1) is 0 Å². The summed E-state index contributed by atoms with van der Waals surface area (Å²) in [7, 11) is 0. The molecule has 2 heterocycles. The first-order valence-corrected chi connectivity index (χ1v) is 7.35. The minimum atomic E-state index is -0.259. The molecule has 110 valence electrons. The second kappa shape index (κ2) is 6.20. The van der Waals surface area contributed by atoms with Gasteiger partial charge < -0.3 is 10.2 Å². The maximum Gasteiger partial charge on any atom is 0.270 e. The number of carbonyl (C=O) groups is 1. The number of hydrogen-bond acceptors (Lipinski definition) is 4. The molecule has 0 radical (unpaired) electrons. The van der Waals surface area contributed by atoms with Gasteiger partial charge in [-0.3, -0.25) is 4.79 Å². The first-order chi connectivity index (χ1) is 9.46. The summed E-state index contributed by atoms with van der Waals surface area (Å²) in [6.45, 7) is 7.90. The van der Waals surface area contributed by atoms with Crippen LogP contribution in [0, 0.1) is 0 Å². The van der Waals surface area contributed by atoms with E-state index in [0.717, 1.165) is 18.9 Å². The molecule has 0 bridgehead atoms. The minimum absolute atomic E-state index is 0.143. The van der Waals surface area contributed by atoms with Gasteiger partial charge in [0.15, 0.2) is 0 Å². The molecule has 0 aliphatic carbocycles. The van der Waals surface area contributed by atoms with Crippen LogP contribution in [-0.4, -0.2) is 34.5 Å². The third-order valence-electron chi connectivity index (χ3n) is 3.30. The summed E-state index contributed by atoms with van der Waals surface area (Å²) in [5, 5.41) is 2.93. The zero-order valence-electron chi connectivity index (χ0n) is 12.6. The summed E-state index contributed by atoms with van der Waals surface area (Å²) in [5.74, 6) is 0.719. The lowest BCUT2D eigenvalue weighted by Gasteiger charge is -2.22. The van der Waals surface area contributed by atoms with Gasteiger partial charge in [-0.25, -0.2) is 9.97 Å². The van der Waals surface area contributed by atoms with Crippen LogP contribution in [0.2, 0.25) is 0 Å². The Labute approximate surface area is 120 Å². The van der Waals surface area contributed by atoms with Crippen molar-refractivity contribution in [1.29, 1.82) is 0 Å². The molecule has 0 spiro atoms. The predicted octanol–water partition coefficient (Wildman–Crippen LogP) is 2.39. The highest BCUT2D eigenvalue weighted by Crippen LogP contribution is 2.17. The highest BCUT2D eigenvalue weighted by Gasteiger charge is 2.18. The molecule has 1 aliphatic heterocycles. The third kappa shape index (κ3) is 4.18. The third-order valence-corrected chi connectivity index (χ3v) is 3.30. The molecule has 1 amide bonds. The Balaban J connectivity index is 2.12. The highest BCUT2D eigenvalue weighted by molar-refractivity contribution is 5.93. The SMILES string of the molecule is CC(C)(C)NC(=O)c1cc(N2CCCCCC2)ncn1. The Kier molecular flexibility index (Phi) is 4.57. The number of carbonyl (C=O) groups excluding carboxylic acids is 1. The lowest BCUT2D eigenvalue weighted by molar-refractivity contribution is 0.0914. The van der Waals surface area contributed by atoms with E-state index in [1.807, 2.05) is 20.8 Å². The Morgan fingerprint density at radius 2 is 1.80 bits per heavy atom. The smallest absolute Gasteiger partial charge is 0.270 e. The van der Waals surface area contributed by atoms with Crippen molar-refractivity contribution >= 4 is 11.7 Å². The van der Waals surface area contributed by atoms with Crippen molar-refractivity contribution in [2.45, 2.75) is 52.0 Å². The van der Waals surface area contributed by atoms with E-state index in [9.17, 15) is 4.79 Å². The molecule has 5 heteroatoms. The van der Waals surface area contributed by atoms with Crippen molar-refractivity contribution in [2.24, 2.45) is 0 Å². The lowest BCUT2D eigenvalue weighted by atomic mass is 10.1. The van der Waals surface area contributed by atoms with Gasteiger partial charge in [0.25, 0.3) is 5.91 Å². The molecule has 1 fully saturated rings. The quantitative estimate of drug-likeness (QED) is 0.901. The molecule has 5 nitrogen and oxygen atoms in total. The number of rotatable bonds is 2. The number of nitrogens with zero attached hydrogens (tertiary/aromatic N) is 3. The van der Waals surface area contributed by atoms with Crippen LogP contribution in [0.1, 0.15) is 56.9 Å². The Hall–Kier alpha value is -1.65. The zero-order chi connectivity index (χ0) is 14.6. The summed E-state index contributed by atoms with van der Waals surface area (Å²) in [4.78, 5) is 22.8. The van der Waals surface area contributed by atoms with Crippen LogP contribution in [0.3, 0.4) is 0 Å². The van der Waals surface area contributed by atoms with Crippen molar-refractivity contribution < 1.29 is 4.79 Å². The summed E-state index contributed by atoms with van der Waals surface area (Å²) in [6, 6.07) is 1.80. The van der Waals surface area contributed by atoms with Gasteiger partial charge in [-0.1, -0.05) is 12.8 Å². The summed E-state index contributed by atoms with van der Waals surface area (Å²) < 4.78 is 0. The Morgan fingerprint density at radius 3 is 2.40 bits per heavy atom. The van der Waals surface area contributed by atoms with Crippen LogP contribution in [0.25, 0.3) is 0 Å². The number of aromatic nitrogens is 2. The van der Waals surface area contributed by atoms with E-state index >= 15 is 0 Å². The standard InChI is InChI=1S/C15H24N4O/c1-15(2,3)18-14(20)12-10-13(17-11-16-12)19-8-6-4-5-7-9-19/h10-11H,4-9H2,1-3H3,(H,18,20). The van der Waals surface area contributed by atoms with Gasteiger partial charge in [-0.05, 0) is 33.6 Å². The minimum Gasteiger partial charge on any atom is -0.357 e. The van der Waals surface area contributed by atoms with Gasteiger partial charge in [-0.2, -0.15) is 0 Å². The number of hydrogen-bond donors (Lipinski definition) is 1. The van der Waals surface area contributed by atoms with Crippen molar-refractivity contribution in [1.82, 2.24) is 15.3 Å². The first kappa shape index (κ1) is 14.8. The zero-order valence-corrected chi connectivity index (χ0v) is 12.6. The van der Waals surface area contributed by atoms with Gasteiger partial charge in [0.1, 0.15) is 17.8 Å². The lowest BCUT2D eigenvalue weighted by Crippen LogP contribution is -2.41. The molecule has 0 atom stereocenters. The van der Waals surface area contributed by atoms with Crippen LogP contribution < -0.4 is 10.2 Å². The van der Waals surface area contributed by atoms with Crippen LogP contribution in [-0.2, 0) is 0 Å². The van der Waals surface area contributed by atoms with Gasteiger partial charge in [0, 0.05) is 24.7 Å². The molecule has 1 aromatic rings. The molecule has 1 aliphatic rings. The first-order valence-electron chi connectivity index (χ1n) is 7.35. The molecular formula is C15H24N4O. The molecule has 1 N–H and O–H groups in total. The topological polar surface area (TPSA) is 58.1 Å². The molecule has 0 aromatic carbocycles. The summed E-state index contributed by atoms with van der Waals surface area (Å²) in [6.07, 6.45) is 6.41. The molecule has 1 saturated heterocycles. The van der Waals surface area contributed by atoms with Crippen molar-refractivity contribution in [3.05, 3.63) is 18.1 Å². The van der Waals surface area contributed by atoms with Crippen molar-refractivity contribution in [3.63, 3.8) is 0 Å². The summed E-state index contributed by atoms with van der Waals surface area (Å²) in [5.41, 5.74) is 0.180. The average Bonchev–Trinajstić information content (AvgIpc) is 2.66. The van der Waals surface area contributed by atoms with Crippen LogP contribution in [0.4, 0.5) is 5.82 Å². The van der Waals surface area contributed by atoms with E-state index in [2.05, 4.69) is 20.2 Å². The molecule has 0 unspecified atom stereocenters. The predicted molar refractivity (Wildman–Crippen MR) is 79.9 cm³/mol. The maximum atomic E-state index is 12.1. The highest BCUT2D eigenvalue weighted by atomic mass is 16.2. The molecule has 20 heavy (non-hydrogen) atoms. The van der Waals surface area contributed by atoms with E-state index in [1.54, 1.807) is 6.07 Å². The second-order valence-corrected chi connectivity index (χ2v) is 6.37. The second-order valence-electron chi connectivity index (χ2n) is 6.37. The fraction of sp³-hybridized carbons (Fsp3) is 0.667. The normalized spacial score (nSPS) is 16.6. The number of nitrogens with one attached hydrogen (secondary N) is 1. The Morgan fingerprint density at radius 1 is 1.15 bits per heavy atom. The molecule has 1 aromatic heterocycles. The fourth-order valence-corrected chi connectivity index (χ4v) is 2.35. The van der Waals surface area contributed by atoms with Crippen molar-refractivity contribution in [3.8, 4) is 0 Å². The van der Waals surface area contributed by atoms with Gasteiger partial charge in [0.05, 0.1) is 0 Å². The summed E-state index contributed by atoms with van der Waals surface area (Å²) >= 11 is 0. The van der Waals surface area contributed by atoms with Crippen molar-refractivity contribution in [2.75, 3.05) is 18.0 Å². The largest absolute Gasteiger partial charge is 0.357 e. The molecule has 0 saturated carbocycles. The van der Waals surface area contributed by atoms with Crippen LogP contribution >= 0.6 is 0 Å². The van der Waals surface area contributed by atoms with E-state index in [1.165, 1.54) is 32.0 Å². The van der Waals surface area contributed by atoms with Crippen LogP contribution in [0.5, 0.6) is 0 Å². The van der Waals surface area contributed by atoms with E-state index in [-0.39, 0.29) is 11.4 Å². The monoisotopic (exact) mass is 276 g/mol. The van der Waals surface area contributed by atoms with E-state index in [0.29, 0.717) is 5.69 Å². The number of amides is 1. The maximum absolute atomic E-state index is 12.1. The molecule has 2 rings (SSSR count). The van der Waals surface area contributed by atoms with Crippen LogP contribution in [0.15, 0.2) is 12.4 Å². The van der Waals surface area contributed by atoms with Gasteiger partial charge in [0.2, 0.25) is 0 Å². The Bertz CT molecular complexity index is 459. The number of anilines is 1. The fourth-order valence-electron chi connectivity index (χ4n) is 2.35. The molecular weight excluding hydrogens is 252 g/mol.